The van der Waals surface area contributed by atoms with Crippen molar-refractivity contribution in [3.63, 3.8) is 0 Å². The molecule has 0 saturated carbocycles. The van der Waals surface area contributed by atoms with Gasteiger partial charge in [-0.2, -0.15) is 36.5 Å². The van der Waals surface area contributed by atoms with E-state index in [0.29, 0.717) is 4.68 Å². The van der Waals surface area contributed by atoms with Crippen molar-refractivity contribution in [1.29, 1.82) is 0 Å². The second-order valence-corrected chi connectivity index (χ2v) is 5.74. The molecule has 1 N–H and O–H groups in total. The van der Waals surface area contributed by atoms with Crippen molar-refractivity contribution in [2.75, 3.05) is 11.9 Å². The third-order valence-electron chi connectivity index (χ3n) is 2.85. The monoisotopic (exact) mass is 449 g/mol. The molecule has 26 heavy (non-hydrogen) atoms. The zero-order chi connectivity index (χ0) is 19.7. The number of aromatic nitrogens is 4. The minimum absolute atomic E-state index is 0.0386. The third kappa shape index (κ3) is 4.97. The maximum atomic E-state index is 12.9. The molecule has 0 aliphatic rings. The van der Waals surface area contributed by atoms with Crippen molar-refractivity contribution in [1.82, 2.24) is 19.6 Å². The zero-order valence-electron chi connectivity index (χ0n) is 12.8. The van der Waals surface area contributed by atoms with E-state index >= 15 is 0 Å². The van der Waals surface area contributed by atoms with Crippen LogP contribution in [0.4, 0.5) is 32.0 Å². The number of halogens is 7. The molecule has 0 spiro atoms. The lowest BCUT2D eigenvalue weighted by Gasteiger charge is -2.07. The highest BCUT2D eigenvalue weighted by Crippen LogP contribution is 2.36. The Balaban J connectivity index is 2.05. The van der Waals surface area contributed by atoms with E-state index in [1.165, 1.54) is 0 Å². The SMILES string of the molecule is Cn1nc(C(=O)Nc2cnn(COCC(F)(F)F)c2)c(Br)c1C(F)(F)F. The fourth-order valence-corrected chi connectivity index (χ4v) is 2.64. The topological polar surface area (TPSA) is 74.0 Å². The average Bonchev–Trinajstić information content (AvgIpc) is 3.01. The molecule has 0 radical (unpaired) electrons. The smallest absolute Gasteiger partial charge is 0.350 e. The molecule has 0 bridgehead atoms. The molecular formula is C12H10BrF6N5O2. The molecule has 0 aliphatic heterocycles. The molecule has 0 saturated heterocycles. The lowest BCUT2D eigenvalue weighted by molar-refractivity contribution is -0.182. The first kappa shape index (κ1) is 20.2. The van der Waals surface area contributed by atoms with Crippen LogP contribution in [0.1, 0.15) is 16.2 Å². The van der Waals surface area contributed by atoms with Gasteiger partial charge < -0.3 is 10.1 Å². The highest BCUT2D eigenvalue weighted by molar-refractivity contribution is 9.10. The van der Waals surface area contributed by atoms with Gasteiger partial charge in [-0.25, -0.2) is 4.68 Å². The maximum Gasteiger partial charge on any atom is 0.434 e. The van der Waals surface area contributed by atoms with Crippen LogP contribution < -0.4 is 5.32 Å². The summed E-state index contributed by atoms with van der Waals surface area (Å²) in [6.45, 7) is -2.00. The number of amides is 1. The Hall–Kier alpha value is -2.09. The molecule has 0 fully saturated rings. The number of anilines is 1. The summed E-state index contributed by atoms with van der Waals surface area (Å²) >= 11 is 2.70. The van der Waals surface area contributed by atoms with E-state index in [1.807, 2.05) is 0 Å². The van der Waals surface area contributed by atoms with Crippen molar-refractivity contribution in [2.45, 2.75) is 19.1 Å². The molecule has 14 heteroatoms. The van der Waals surface area contributed by atoms with Crippen LogP contribution in [0.2, 0.25) is 0 Å². The lowest BCUT2D eigenvalue weighted by atomic mass is 10.3. The van der Waals surface area contributed by atoms with Crippen LogP contribution in [-0.2, 0) is 24.7 Å². The Labute approximate surface area is 150 Å². The lowest BCUT2D eigenvalue weighted by Crippen LogP contribution is -2.18. The summed E-state index contributed by atoms with van der Waals surface area (Å²) in [6.07, 6.45) is -6.97. The molecule has 144 valence electrons. The number of carbonyl (C=O) groups is 1. The number of nitrogens with zero attached hydrogens (tertiary/aromatic N) is 4. The summed E-state index contributed by atoms with van der Waals surface area (Å²) in [5.41, 5.74) is -1.61. The van der Waals surface area contributed by atoms with Gasteiger partial charge in [0.05, 0.1) is 22.6 Å². The molecule has 0 atom stereocenters. The van der Waals surface area contributed by atoms with E-state index in [1.54, 1.807) is 0 Å². The molecule has 2 heterocycles. The first-order valence-electron chi connectivity index (χ1n) is 6.66. The van der Waals surface area contributed by atoms with Gasteiger partial charge in [0.1, 0.15) is 13.3 Å². The number of nitrogens with one attached hydrogen (secondary N) is 1. The molecule has 2 aromatic rings. The molecule has 0 unspecified atom stereocenters. The van der Waals surface area contributed by atoms with Gasteiger partial charge in [-0.1, -0.05) is 0 Å². The van der Waals surface area contributed by atoms with Crippen molar-refractivity contribution >= 4 is 27.5 Å². The van der Waals surface area contributed by atoms with Crippen LogP contribution in [0.25, 0.3) is 0 Å². The van der Waals surface area contributed by atoms with Gasteiger partial charge in [0.15, 0.2) is 11.4 Å². The van der Waals surface area contributed by atoms with Gasteiger partial charge in [0, 0.05) is 7.05 Å². The molecule has 2 rings (SSSR count). The van der Waals surface area contributed by atoms with E-state index in [2.05, 4.69) is 36.2 Å². The minimum Gasteiger partial charge on any atom is -0.350 e. The number of hydrogen-bond donors (Lipinski definition) is 1. The molecule has 0 aromatic carbocycles. The molecular weight excluding hydrogens is 440 g/mol. The molecule has 0 aliphatic carbocycles. The second kappa shape index (κ2) is 7.26. The van der Waals surface area contributed by atoms with Gasteiger partial charge in [-0.05, 0) is 15.9 Å². The van der Waals surface area contributed by atoms with E-state index in [-0.39, 0.29) is 5.69 Å². The summed E-state index contributed by atoms with van der Waals surface area (Å²) in [5, 5.41) is 9.42. The normalized spacial score (nSPS) is 12.5. The van der Waals surface area contributed by atoms with Gasteiger partial charge in [-0.3, -0.25) is 9.48 Å². The Morgan fingerprint density at radius 2 is 1.96 bits per heavy atom. The number of alkyl halides is 6. The van der Waals surface area contributed by atoms with Crippen molar-refractivity contribution in [3.8, 4) is 0 Å². The largest absolute Gasteiger partial charge is 0.434 e. The van der Waals surface area contributed by atoms with Crippen LogP contribution in [0, 0.1) is 0 Å². The molecule has 1 amide bonds. The maximum absolute atomic E-state index is 12.9. The van der Waals surface area contributed by atoms with Crippen LogP contribution in [-0.4, -0.2) is 38.3 Å². The molecule has 2 aromatic heterocycles. The standard InChI is InChI=1S/C12H10BrF6N5O2/c1-23-9(12(17,18)19)7(13)8(22-23)10(25)21-6-2-20-24(3-6)5-26-4-11(14,15)16/h2-3H,4-5H2,1H3,(H,21,25). The highest BCUT2D eigenvalue weighted by atomic mass is 79.9. The summed E-state index contributed by atoms with van der Waals surface area (Å²) in [4.78, 5) is 12.1. The predicted octanol–water partition coefficient (Wildman–Crippen LogP) is 3.19. The van der Waals surface area contributed by atoms with E-state index in [0.717, 1.165) is 24.1 Å². The summed E-state index contributed by atoms with van der Waals surface area (Å²) in [6, 6.07) is 0. The van der Waals surface area contributed by atoms with Crippen LogP contribution in [0.3, 0.4) is 0 Å². The van der Waals surface area contributed by atoms with Gasteiger partial charge in [0.2, 0.25) is 0 Å². The zero-order valence-corrected chi connectivity index (χ0v) is 14.4. The van der Waals surface area contributed by atoms with E-state index in [4.69, 9.17) is 0 Å². The Morgan fingerprint density at radius 1 is 1.31 bits per heavy atom. The first-order valence-corrected chi connectivity index (χ1v) is 7.46. The minimum atomic E-state index is -4.72. The van der Waals surface area contributed by atoms with E-state index < -0.39 is 47.5 Å². The first-order chi connectivity index (χ1) is 11.9. The third-order valence-corrected chi connectivity index (χ3v) is 3.60. The fraction of sp³-hybridized carbons (Fsp3) is 0.417. The quantitative estimate of drug-likeness (QED) is 0.711. The Kier molecular flexibility index (Phi) is 5.65. The number of rotatable bonds is 5. The number of carbonyl (C=O) groups excluding carboxylic acids is 1. The molecule has 7 nitrogen and oxygen atoms in total. The van der Waals surface area contributed by atoms with Crippen LogP contribution in [0.5, 0.6) is 0 Å². The number of aryl methyl sites for hydroxylation is 1. The van der Waals surface area contributed by atoms with Gasteiger partial charge in [-0.15, -0.1) is 0 Å². The average molecular weight is 450 g/mol. The number of ether oxygens (including phenoxy) is 1. The fourth-order valence-electron chi connectivity index (χ4n) is 1.90. The van der Waals surface area contributed by atoms with Crippen LogP contribution in [0.15, 0.2) is 16.9 Å². The summed E-state index contributed by atoms with van der Waals surface area (Å²) in [5.74, 6) is -0.960. The van der Waals surface area contributed by atoms with Gasteiger partial charge in [0.25, 0.3) is 5.91 Å². The van der Waals surface area contributed by atoms with E-state index in [9.17, 15) is 31.1 Å². The van der Waals surface area contributed by atoms with Crippen molar-refractivity contribution < 1.29 is 35.9 Å². The predicted molar refractivity (Wildman–Crippen MR) is 78.1 cm³/mol. The summed E-state index contributed by atoms with van der Waals surface area (Å²) in [7, 11) is 1.03. The highest BCUT2D eigenvalue weighted by Gasteiger charge is 2.39. The number of hydrogen-bond acceptors (Lipinski definition) is 4. The second-order valence-electron chi connectivity index (χ2n) is 4.95. The summed E-state index contributed by atoms with van der Waals surface area (Å²) < 4.78 is 79.9. The van der Waals surface area contributed by atoms with Gasteiger partial charge >= 0.3 is 12.4 Å². The van der Waals surface area contributed by atoms with Crippen LogP contribution >= 0.6 is 15.9 Å². The van der Waals surface area contributed by atoms with Crippen molar-refractivity contribution in [2.24, 2.45) is 7.05 Å². The Bertz CT molecular complexity index is 797. The van der Waals surface area contributed by atoms with Crippen molar-refractivity contribution in [3.05, 3.63) is 28.3 Å². The Morgan fingerprint density at radius 3 is 2.50 bits per heavy atom.